The maximum absolute atomic E-state index is 12.6. The van der Waals surface area contributed by atoms with E-state index in [-0.39, 0.29) is 0 Å². The largest absolute Gasteiger partial charge is 0.295 e. The molecule has 0 saturated heterocycles. The lowest BCUT2D eigenvalue weighted by Crippen LogP contribution is -2.33. The predicted molar refractivity (Wildman–Crippen MR) is 82.1 cm³/mol. The second kappa shape index (κ2) is 5.69. The Kier molecular flexibility index (Phi) is 3.93. The fourth-order valence-electron chi connectivity index (χ4n) is 2.86. The van der Waals surface area contributed by atoms with Crippen molar-refractivity contribution in [2.75, 3.05) is 19.6 Å². The first-order chi connectivity index (χ1) is 9.61. The highest BCUT2D eigenvalue weighted by molar-refractivity contribution is 5.99. The molecule has 108 valence electrons. The van der Waals surface area contributed by atoms with Gasteiger partial charge in [-0.3, -0.25) is 9.69 Å². The number of hydrogen-bond acceptors (Lipinski definition) is 2. The summed E-state index contributed by atoms with van der Waals surface area (Å²) >= 11 is 0. The summed E-state index contributed by atoms with van der Waals surface area (Å²) < 4.78 is 0. The third-order valence-corrected chi connectivity index (χ3v) is 4.49. The van der Waals surface area contributed by atoms with Crippen LogP contribution in [0.15, 0.2) is 18.2 Å². The second-order valence-electron chi connectivity index (χ2n) is 6.82. The summed E-state index contributed by atoms with van der Waals surface area (Å²) in [5.74, 6) is 2.02. The molecule has 2 fully saturated rings. The van der Waals surface area contributed by atoms with Crippen LogP contribution in [0.2, 0.25) is 0 Å². The minimum absolute atomic E-state index is 0.299. The molecule has 2 saturated carbocycles. The Hall–Kier alpha value is -1.15. The van der Waals surface area contributed by atoms with Crippen molar-refractivity contribution < 1.29 is 4.79 Å². The van der Waals surface area contributed by atoms with Crippen molar-refractivity contribution in [3.63, 3.8) is 0 Å². The number of nitrogens with zero attached hydrogens (tertiary/aromatic N) is 1. The number of aryl methyl sites for hydroxylation is 2. The summed E-state index contributed by atoms with van der Waals surface area (Å²) in [4.78, 5) is 15.0. The average Bonchev–Trinajstić information content (AvgIpc) is 3.28. The van der Waals surface area contributed by atoms with Gasteiger partial charge in [-0.1, -0.05) is 17.7 Å². The van der Waals surface area contributed by atoms with Gasteiger partial charge in [0.1, 0.15) is 0 Å². The molecular formula is C18H25NO. The van der Waals surface area contributed by atoms with Gasteiger partial charge in [0.25, 0.3) is 0 Å². The van der Waals surface area contributed by atoms with Crippen molar-refractivity contribution in [3.8, 4) is 0 Å². The maximum Gasteiger partial charge on any atom is 0.177 e. The van der Waals surface area contributed by atoms with Crippen molar-refractivity contribution in [3.05, 3.63) is 34.9 Å². The molecule has 0 aromatic heterocycles. The van der Waals surface area contributed by atoms with Gasteiger partial charge in [0, 0.05) is 18.7 Å². The Labute approximate surface area is 122 Å². The molecule has 3 rings (SSSR count). The molecule has 2 aliphatic rings. The highest BCUT2D eigenvalue weighted by atomic mass is 16.1. The summed E-state index contributed by atoms with van der Waals surface area (Å²) in [6, 6.07) is 6.19. The molecule has 0 spiro atoms. The zero-order valence-corrected chi connectivity index (χ0v) is 12.7. The normalized spacial score (nSPS) is 18.6. The van der Waals surface area contributed by atoms with E-state index in [1.165, 1.54) is 31.2 Å². The maximum atomic E-state index is 12.6. The van der Waals surface area contributed by atoms with E-state index < -0.39 is 0 Å². The second-order valence-corrected chi connectivity index (χ2v) is 6.82. The van der Waals surface area contributed by atoms with Crippen LogP contribution in [0.5, 0.6) is 0 Å². The molecule has 0 bridgehead atoms. The Balaban J connectivity index is 1.66. The molecular weight excluding hydrogens is 246 g/mol. The quantitative estimate of drug-likeness (QED) is 0.706. The first-order valence-electron chi connectivity index (χ1n) is 7.94. The minimum Gasteiger partial charge on any atom is -0.295 e. The van der Waals surface area contributed by atoms with Gasteiger partial charge in [-0.15, -0.1) is 0 Å². The van der Waals surface area contributed by atoms with E-state index in [0.29, 0.717) is 12.3 Å². The van der Waals surface area contributed by atoms with Crippen LogP contribution in [0.3, 0.4) is 0 Å². The lowest BCUT2D eigenvalue weighted by atomic mass is 10.0. The summed E-state index contributed by atoms with van der Waals surface area (Å²) in [7, 11) is 0. The summed E-state index contributed by atoms with van der Waals surface area (Å²) in [6.07, 6.45) is 5.44. The van der Waals surface area contributed by atoms with Crippen LogP contribution < -0.4 is 0 Å². The third kappa shape index (κ3) is 3.69. The van der Waals surface area contributed by atoms with E-state index in [2.05, 4.69) is 24.0 Å². The first-order valence-corrected chi connectivity index (χ1v) is 7.94. The molecule has 0 amide bonds. The molecule has 0 aliphatic heterocycles. The van der Waals surface area contributed by atoms with Gasteiger partial charge >= 0.3 is 0 Å². The van der Waals surface area contributed by atoms with Crippen LogP contribution in [0.1, 0.15) is 47.2 Å². The molecule has 0 heterocycles. The molecule has 2 aliphatic carbocycles. The van der Waals surface area contributed by atoms with Crippen LogP contribution in [0.25, 0.3) is 0 Å². The highest BCUT2D eigenvalue weighted by Gasteiger charge is 2.30. The van der Waals surface area contributed by atoms with Crippen molar-refractivity contribution in [2.24, 2.45) is 11.8 Å². The molecule has 1 aromatic carbocycles. The standard InChI is InChI=1S/C18H25NO/c1-13-3-4-14(2)17(9-13)18(20)12-19(10-15-5-6-15)11-16-7-8-16/h3-4,9,15-16H,5-8,10-12H2,1-2H3. The number of carbonyl (C=O) groups is 1. The number of rotatable bonds is 7. The Morgan fingerprint density at radius 2 is 1.70 bits per heavy atom. The number of carbonyl (C=O) groups excluding carboxylic acids is 1. The van der Waals surface area contributed by atoms with E-state index in [1.807, 2.05) is 13.0 Å². The van der Waals surface area contributed by atoms with Gasteiger partial charge in [0.2, 0.25) is 0 Å². The monoisotopic (exact) mass is 271 g/mol. The highest BCUT2D eigenvalue weighted by Crippen LogP contribution is 2.33. The van der Waals surface area contributed by atoms with Crippen LogP contribution in [-0.2, 0) is 0 Å². The minimum atomic E-state index is 0.299. The van der Waals surface area contributed by atoms with Crippen molar-refractivity contribution in [1.29, 1.82) is 0 Å². The van der Waals surface area contributed by atoms with E-state index in [1.54, 1.807) is 0 Å². The number of ketones is 1. The molecule has 0 radical (unpaired) electrons. The Bertz CT molecular complexity index is 486. The van der Waals surface area contributed by atoms with E-state index in [0.717, 1.165) is 36.1 Å². The van der Waals surface area contributed by atoms with Gasteiger partial charge in [-0.2, -0.15) is 0 Å². The van der Waals surface area contributed by atoms with Crippen molar-refractivity contribution in [1.82, 2.24) is 4.90 Å². The summed E-state index contributed by atoms with van der Waals surface area (Å²) in [6.45, 7) is 6.97. The Morgan fingerprint density at radius 3 is 2.25 bits per heavy atom. The molecule has 0 unspecified atom stereocenters. The number of benzene rings is 1. The van der Waals surface area contributed by atoms with Gasteiger partial charge < -0.3 is 0 Å². The molecule has 1 aromatic rings. The van der Waals surface area contributed by atoms with Gasteiger partial charge in [-0.05, 0) is 63.0 Å². The summed E-state index contributed by atoms with van der Waals surface area (Å²) in [5.41, 5.74) is 3.20. The van der Waals surface area contributed by atoms with E-state index in [9.17, 15) is 4.79 Å². The smallest absolute Gasteiger partial charge is 0.177 e. The Morgan fingerprint density at radius 1 is 1.10 bits per heavy atom. The zero-order valence-electron chi connectivity index (χ0n) is 12.7. The van der Waals surface area contributed by atoms with Crippen molar-refractivity contribution in [2.45, 2.75) is 39.5 Å². The van der Waals surface area contributed by atoms with Crippen LogP contribution in [0.4, 0.5) is 0 Å². The first kappa shape index (κ1) is 13.8. The molecule has 20 heavy (non-hydrogen) atoms. The lowest BCUT2D eigenvalue weighted by Gasteiger charge is -2.21. The molecule has 2 heteroatoms. The SMILES string of the molecule is Cc1ccc(C)c(C(=O)CN(CC2CC2)CC2CC2)c1. The van der Waals surface area contributed by atoms with E-state index >= 15 is 0 Å². The average molecular weight is 271 g/mol. The lowest BCUT2D eigenvalue weighted by molar-refractivity contribution is 0.0923. The number of Topliss-reactive ketones (excluding diaryl/α,β-unsaturated/α-hetero) is 1. The topological polar surface area (TPSA) is 20.3 Å². The number of hydrogen-bond donors (Lipinski definition) is 0. The van der Waals surface area contributed by atoms with Gasteiger partial charge in [0.05, 0.1) is 6.54 Å². The molecule has 0 N–H and O–H groups in total. The predicted octanol–water partition coefficient (Wildman–Crippen LogP) is 3.61. The van der Waals surface area contributed by atoms with Crippen LogP contribution in [-0.4, -0.2) is 30.3 Å². The fraction of sp³-hybridized carbons (Fsp3) is 0.611. The van der Waals surface area contributed by atoms with Gasteiger partial charge in [0.15, 0.2) is 5.78 Å². The van der Waals surface area contributed by atoms with E-state index in [4.69, 9.17) is 0 Å². The van der Waals surface area contributed by atoms with Crippen LogP contribution >= 0.6 is 0 Å². The molecule has 0 atom stereocenters. The molecule has 2 nitrogen and oxygen atoms in total. The third-order valence-electron chi connectivity index (χ3n) is 4.49. The fourth-order valence-corrected chi connectivity index (χ4v) is 2.86. The van der Waals surface area contributed by atoms with Crippen molar-refractivity contribution >= 4 is 5.78 Å². The zero-order chi connectivity index (χ0) is 14.1. The van der Waals surface area contributed by atoms with Gasteiger partial charge in [-0.25, -0.2) is 0 Å². The van der Waals surface area contributed by atoms with Crippen LogP contribution in [0, 0.1) is 25.7 Å². The summed E-state index contributed by atoms with van der Waals surface area (Å²) in [5, 5.41) is 0.